The summed E-state index contributed by atoms with van der Waals surface area (Å²) in [6.45, 7) is 0.357. The molecular formula is C35H27N11O. The highest BCUT2D eigenvalue weighted by molar-refractivity contribution is 5.98. The summed E-state index contributed by atoms with van der Waals surface area (Å²) in [4.78, 5) is 33.1. The standard InChI is InChI=1S/C35H27N11O/c1-44-22-28(21-41-44)25-7-14-32(38-19-25)46(35(47)40-18-24-5-3-2-4-6-24)30-11-9-29(10-12-30)42-34-39-20-27(17-36)33(43-34)26-8-13-31-37-15-16-45(31)23-26/h2-16,19-23H,18H2,1H3,(H,40,47)(H,39,42,43). The number of nitrogens with one attached hydrogen (secondary N) is 2. The van der Waals surface area contributed by atoms with E-state index in [1.165, 1.54) is 11.1 Å². The maximum Gasteiger partial charge on any atom is 0.327 e. The Balaban J connectivity index is 1.15. The molecule has 0 saturated heterocycles. The van der Waals surface area contributed by atoms with Crippen LogP contribution in [0.2, 0.25) is 0 Å². The lowest BCUT2D eigenvalue weighted by atomic mass is 10.1. The molecule has 7 aromatic rings. The van der Waals surface area contributed by atoms with Gasteiger partial charge in [0.15, 0.2) is 0 Å². The number of carbonyl (C=O) groups is 1. The van der Waals surface area contributed by atoms with Gasteiger partial charge in [-0.15, -0.1) is 0 Å². The quantitative estimate of drug-likeness (QED) is 0.204. The highest BCUT2D eigenvalue weighted by Crippen LogP contribution is 2.29. The van der Waals surface area contributed by atoms with Gasteiger partial charge in [-0.05, 0) is 54.1 Å². The summed E-state index contributed by atoms with van der Waals surface area (Å²) in [5.74, 6) is 0.779. The van der Waals surface area contributed by atoms with Crippen LogP contribution in [0.5, 0.6) is 0 Å². The van der Waals surface area contributed by atoms with E-state index in [0.29, 0.717) is 40.9 Å². The van der Waals surface area contributed by atoms with Crippen LogP contribution in [0.15, 0.2) is 122 Å². The predicted molar refractivity (Wildman–Crippen MR) is 178 cm³/mol. The van der Waals surface area contributed by atoms with E-state index in [2.05, 4.69) is 41.7 Å². The van der Waals surface area contributed by atoms with Gasteiger partial charge in [0.25, 0.3) is 0 Å². The maximum atomic E-state index is 13.6. The molecule has 0 spiro atoms. The summed E-state index contributed by atoms with van der Waals surface area (Å²) < 4.78 is 3.60. The Morgan fingerprint density at radius 3 is 2.45 bits per heavy atom. The van der Waals surface area contributed by atoms with Crippen LogP contribution < -0.4 is 15.5 Å². The number of hydrogen-bond acceptors (Lipinski definition) is 8. The normalized spacial score (nSPS) is 10.8. The number of nitrogens with zero attached hydrogens (tertiary/aromatic N) is 9. The Morgan fingerprint density at radius 2 is 1.70 bits per heavy atom. The zero-order valence-corrected chi connectivity index (χ0v) is 25.2. The van der Waals surface area contributed by atoms with E-state index in [1.54, 1.807) is 23.3 Å². The number of aryl methyl sites for hydroxylation is 1. The molecule has 12 heteroatoms. The molecule has 0 saturated carbocycles. The molecule has 5 aromatic heterocycles. The van der Waals surface area contributed by atoms with Crippen molar-refractivity contribution in [3.05, 3.63) is 133 Å². The first-order valence-electron chi connectivity index (χ1n) is 14.7. The molecule has 0 aliphatic heterocycles. The summed E-state index contributed by atoms with van der Waals surface area (Å²) in [6.07, 6.45) is 12.3. The van der Waals surface area contributed by atoms with Crippen LogP contribution in [-0.4, -0.2) is 40.1 Å². The van der Waals surface area contributed by atoms with Crippen LogP contribution in [-0.2, 0) is 13.6 Å². The minimum absolute atomic E-state index is 0.322. The number of urea groups is 1. The first kappa shape index (κ1) is 28.9. The number of aromatic nitrogens is 7. The van der Waals surface area contributed by atoms with Gasteiger partial charge in [-0.1, -0.05) is 30.3 Å². The van der Waals surface area contributed by atoms with Crippen LogP contribution in [0.4, 0.5) is 27.9 Å². The summed E-state index contributed by atoms with van der Waals surface area (Å²) >= 11 is 0. The van der Waals surface area contributed by atoms with Gasteiger partial charge >= 0.3 is 6.03 Å². The van der Waals surface area contributed by atoms with E-state index in [1.807, 2.05) is 109 Å². The Hall–Kier alpha value is -6.87. The Morgan fingerprint density at radius 1 is 0.872 bits per heavy atom. The molecule has 0 unspecified atom stereocenters. The molecule has 0 fully saturated rings. The monoisotopic (exact) mass is 617 g/mol. The van der Waals surface area contributed by atoms with Gasteiger partial charge in [-0.2, -0.15) is 10.4 Å². The Labute approximate surface area is 269 Å². The van der Waals surface area contributed by atoms with E-state index in [0.717, 1.165) is 27.9 Å². The Kier molecular flexibility index (Phi) is 7.76. The fourth-order valence-corrected chi connectivity index (χ4v) is 5.09. The largest absolute Gasteiger partial charge is 0.333 e. The number of hydrogen-bond donors (Lipinski definition) is 2. The lowest BCUT2D eigenvalue weighted by Crippen LogP contribution is -2.37. The minimum atomic E-state index is -0.328. The fourth-order valence-electron chi connectivity index (χ4n) is 5.09. The molecule has 0 radical (unpaired) electrons. The summed E-state index contributed by atoms with van der Waals surface area (Å²) in [6, 6.07) is 26.3. The maximum absolute atomic E-state index is 13.6. The van der Waals surface area contributed by atoms with Gasteiger partial charge in [0, 0.05) is 67.0 Å². The average molecular weight is 618 g/mol. The number of imidazole rings is 1. The van der Waals surface area contributed by atoms with Gasteiger partial charge < -0.3 is 15.0 Å². The third kappa shape index (κ3) is 6.22. The van der Waals surface area contributed by atoms with Crippen molar-refractivity contribution in [2.24, 2.45) is 7.05 Å². The summed E-state index contributed by atoms with van der Waals surface area (Å²) in [5.41, 5.74) is 6.50. The molecule has 2 amide bonds. The first-order chi connectivity index (χ1) is 23.0. The molecule has 2 aromatic carbocycles. The molecule has 5 heterocycles. The molecule has 47 heavy (non-hydrogen) atoms. The van der Waals surface area contributed by atoms with E-state index in [4.69, 9.17) is 0 Å². The minimum Gasteiger partial charge on any atom is -0.333 e. The topological polar surface area (TPSA) is 142 Å². The van der Waals surface area contributed by atoms with E-state index < -0.39 is 0 Å². The third-order valence-electron chi connectivity index (χ3n) is 7.46. The number of carbonyl (C=O) groups excluding carboxylic acids is 1. The van der Waals surface area contributed by atoms with Crippen molar-refractivity contribution >= 4 is 34.8 Å². The van der Waals surface area contributed by atoms with Gasteiger partial charge in [-0.3, -0.25) is 4.68 Å². The first-order valence-corrected chi connectivity index (χ1v) is 14.7. The van der Waals surface area contributed by atoms with Gasteiger partial charge in [-0.25, -0.2) is 29.6 Å². The molecular weight excluding hydrogens is 590 g/mol. The number of benzene rings is 2. The molecule has 0 aliphatic rings. The predicted octanol–water partition coefficient (Wildman–Crippen LogP) is 6.25. The van der Waals surface area contributed by atoms with Crippen molar-refractivity contribution in [3.8, 4) is 28.5 Å². The lowest BCUT2D eigenvalue weighted by Gasteiger charge is -2.23. The van der Waals surface area contributed by atoms with E-state index in [-0.39, 0.29) is 6.03 Å². The second-order valence-electron chi connectivity index (χ2n) is 10.6. The molecule has 0 aliphatic carbocycles. The van der Waals surface area contributed by atoms with Crippen molar-refractivity contribution in [1.82, 2.24) is 39.4 Å². The number of amides is 2. The van der Waals surface area contributed by atoms with Gasteiger partial charge in [0.2, 0.25) is 5.95 Å². The molecule has 2 N–H and O–H groups in total. The highest BCUT2D eigenvalue weighted by Gasteiger charge is 2.20. The molecule has 228 valence electrons. The lowest BCUT2D eigenvalue weighted by molar-refractivity contribution is 0.248. The SMILES string of the molecule is Cn1cc(-c2ccc(N(C(=O)NCc3ccccc3)c3ccc(Nc4ncc(C#N)c(-c5ccc6nccn6c5)n4)cc3)nc2)cn1. The zero-order valence-electron chi connectivity index (χ0n) is 25.2. The molecule has 0 atom stereocenters. The van der Waals surface area contributed by atoms with E-state index in [9.17, 15) is 10.1 Å². The van der Waals surface area contributed by atoms with Crippen molar-refractivity contribution in [2.45, 2.75) is 6.54 Å². The van der Waals surface area contributed by atoms with Gasteiger partial charge in [0.05, 0.1) is 29.3 Å². The van der Waals surface area contributed by atoms with Crippen molar-refractivity contribution in [3.63, 3.8) is 0 Å². The zero-order chi connectivity index (χ0) is 32.2. The van der Waals surface area contributed by atoms with Crippen LogP contribution in [0.1, 0.15) is 11.1 Å². The second-order valence-corrected chi connectivity index (χ2v) is 10.6. The van der Waals surface area contributed by atoms with Crippen LogP contribution >= 0.6 is 0 Å². The van der Waals surface area contributed by atoms with Crippen molar-refractivity contribution in [1.29, 1.82) is 5.26 Å². The third-order valence-corrected chi connectivity index (χ3v) is 7.46. The second kappa shape index (κ2) is 12.6. The number of nitriles is 1. The van der Waals surface area contributed by atoms with Crippen LogP contribution in [0.3, 0.4) is 0 Å². The van der Waals surface area contributed by atoms with Crippen LogP contribution in [0.25, 0.3) is 28.0 Å². The number of rotatable bonds is 8. The molecule has 7 rings (SSSR count). The molecule has 12 nitrogen and oxygen atoms in total. The van der Waals surface area contributed by atoms with Gasteiger partial charge in [0.1, 0.15) is 17.5 Å². The number of anilines is 4. The highest BCUT2D eigenvalue weighted by atomic mass is 16.2. The van der Waals surface area contributed by atoms with Crippen molar-refractivity contribution in [2.75, 3.05) is 10.2 Å². The summed E-state index contributed by atoms with van der Waals surface area (Å²) in [7, 11) is 1.86. The Bertz CT molecular complexity index is 2220. The number of pyridine rings is 2. The number of fused-ring (bicyclic) bond motifs is 1. The van der Waals surface area contributed by atoms with Crippen LogP contribution in [0, 0.1) is 11.3 Å². The average Bonchev–Trinajstić information content (AvgIpc) is 3.77. The fraction of sp³-hybridized carbons (Fsp3) is 0.0571. The van der Waals surface area contributed by atoms with Crippen molar-refractivity contribution < 1.29 is 4.79 Å². The smallest absolute Gasteiger partial charge is 0.327 e. The summed E-state index contributed by atoms with van der Waals surface area (Å²) in [5, 5.41) is 20.2. The van der Waals surface area contributed by atoms with E-state index >= 15 is 0 Å². The molecule has 0 bridgehead atoms.